The fourth-order valence-electron chi connectivity index (χ4n) is 3.46. The van der Waals surface area contributed by atoms with Gasteiger partial charge in [-0.2, -0.15) is 0 Å². The second kappa shape index (κ2) is 12.3. The fourth-order valence-corrected chi connectivity index (χ4v) is 4.47. The van der Waals surface area contributed by atoms with Crippen LogP contribution in [0.25, 0.3) is 0 Å². The first-order valence-corrected chi connectivity index (χ1v) is 13.5. The Kier molecular flexibility index (Phi) is 9.97. The average Bonchev–Trinajstić information content (AvgIpc) is 2.79. The summed E-state index contributed by atoms with van der Waals surface area (Å²) in [6.45, 7) is 7.59. The lowest BCUT2D eigenvalue weighted by Crippen LogP contribution is -2.51. The molecule has 0 spiro atoms. The predicted molar refractivity (Wildman–Crippen MR) is 139 cm³/mol. The SMILES string of the molecule is COc1ccc(Cl)cc1N(CC(=O)N(Cc1ccccc1C)[C@@H](C)C(=O)NCC(C)C)S(C)(=O)=O. The Morgan fingerprint density at radius 1 is 1.11 bits per heavy atom. The number of aryl methyl sites for hydroxylation is 1. The summed E-state index contributed by atoms with van der Waals surface area (Å²) in [5, 5.41) is 3.15. The third-order valence-corrected chi connectivity index (χ3v) is 6.90. The summed E-state index contributed by atoms with van der Waals surface area (Å²) in [5.41, 5.74) is 1.95. The van der Waals surface area contributed by atoms with Gasteiger partial charge in [-0.25, -0.2) is 8.42 Å². The van der Waals surface area contributed by atoms with Crippen molar-refractivity contribution in [3.63, 3.8) is 0 Å². The molecule has 0 radical (unpaired) electrons. The highest BCUT2D eigenvalue weighted by Gasteiger charge is 2.31. The number of ether oxygens (including phenoxy) is 1. The minimum atomic E-state index is -3.90. The van der Waals surface area contributed by atoms with Gasteiger partial charge in [0.05, 0.1) is 19.1 Å². The van der Waals surface area contributed by atoms with Crippen LogP contribution in [-0.4, -0.2) is 57.6 Å². The van der Waals surface area contributed by atoms with E-state index in [4.69, 9.17) is 16.3 Å². The molecule has 0 aliphatic heterocycles. The van der Waals surface area contributed by atoms with Crippen LogP contribution < -0.4 is 14.4 Å². The zero-order valence-electron chi connectivity index (χ0n) is 21.0. The number of methoxy groups -OCH3 is 1. The first kappa shape index (κ1) is 28.5. The maximum atomic E-state index is 13.6. The number of hydrogen-bond acceptors (Lipinski definition) is 5. The smallest absolute Gasteiger partial charge is 0.244 e. The number of nitrogens with one attached hydrogen (secondary N) is 1. The molecule has 1 atom stereocenters. The molecule has 192 valence electrons. The third-order valence-electron chi connectivity index (χ3n) is 5.54. The minimum absolute atomic E-state index is 0.142. The second-order valence-corrected chi connectivity index (χ2v) is 11.2. The third kappa shape index (κ3) is 7.86. The Balaban J connectivity index is 2.45. The molecule has 0 saturated carbocycles. The van der Waals surface area contributed by atoms with Crippen molar-refractivity contribution in [2.75, 3.05) is 30.8 Å². The monoisotopic (exact) mass is 523 g/mol. The van der Waals surface area contributed by atoms with E-state index in [0.29, 0.717) is 11.6 Å². The van der Waals surface area contributed by atoms with Crippen molar-refractivity contribution in [2.45, 2.75) is 40.3 Å². The molecule has 0 aliphatic rings. The second-order valence-electron chi connectivity index (χ2n) is 8.85. The molecule has 35 heavy (non-hydrogen) atoms. The summed E-state index contributed by atoms with van der Waals surface area (Å²) in [4.78, 5) is 27.9. The number of nitrogens with zero attached hydrogens (tertiary/aromatic N) is 2. The highest BCUT2D eigenvalue weighted by molar-refractivity contribution is 7.92. The van der Waals surface area contributed by atoms with Gasteiger partial charge in [0.15, 0.2) is 0 Å². The van der Waals surface area contributed by atoms with Gasteiger partial charge in [0, 0.05) is 18.1 Å². The Labute approximate surface area is 213 Å². The van der Waals surface area contributed by atoms with Crippen molar-refractivity contribution in [2.24, 2.45) is 5.92 Å². The number of anilines is 1. The van der Waals surface area contributed by atoms with E-state index in [2.05, 4.69) is 5.32 Å². The van der Waals surface area contributed by atoms with Gasteiger partial charge in [-0.05, 0) is 49.1 Å². The molecule has 8 nitrogen and oxygen atoms in total. The quantitative estimate of drug-likeness (QED) is 0.485. The Bertz CT molecular complexity index is 1150. The van der Waals surface area contributed by atoms with Crippen LogP contribution in [0.5, 0.6) is 5.75 Å². The van der Waals surface area contributed by atoms with Crippen LogP contribution in [0.2, 0.25) is 5.02 Å². The highest BCUT2D eigenvalue weighted by atomic mass is 35.5. The van der Waals surface area contributed by atoms with E-state index >= 15 is 0 Å². The normalized spacial score (nSPS) is 12.2. The van der Waals surface area contributed by atoms with E-state index in [1.165, 1.54) is 24.1 Å². The summed E-state index contributed by atoms with van der Waals surface area (Å²) >= 11 is 6.12. The topological polar surface area (TPSA) is 96.0 Å². The molecule has 10 heteroatoms. The van der Waals surface area contributed by atoms with Gasteiger partial charge in [0.2, 0.25) is 21.8 Å². The molecule has 0 aromatic heterocycles. The number of benzene rings is 2. The van der Waals surface area contributed by atoms with E-state index < -0.39 is 28.5 Å². The lowest BCUT2D eigenvalue weighted by molar-refractivity contribution is -0.139. The van der Waals surface area contributed by atoms with Crippen molar-refractivity contribution in [3.05, 3.63) is 58.6 Å². The molecule has 2 aromatic rings. The molecule has 0 heterocycles. The Hall–Kier alpha value is -2.78. The maximum Gasteiger partial charge on any atom is 0.244 e. The highest BCUT2D eigenvalue weighted by Crippen LogP contribution is 2.33. The van der Waals surface area contributed by atoms with Gasteiger partial charge in [-0.15, -0.1) is 0 Å². The van der Waals surface area contributed by atoms with Crippen molar-refractivity contribution < 1.29 is 22.7 Å². The predicted octanol–water partition coefficient (Wildman–Crippen LogP) is 3.61. The first-order chi connectivity index (χ1) is 16.3. The first-order valence-electron chi connectivity index (χ1n) is 11.3. The van der Waals surface area contributed by atoms with Crippen molar-refractivity contribution >= 4 is 39.1 Å². The average molecular weight is 524 g/mol. The van der Waals surface area contributed by atoms with Crippen molar-refractivity contribution in [1.29, 1.82) is 0 Å². The largest absolute Gasteiger partial charge is 0.495 e. The summed E-state index contributed by atoms with van der Waals surface area (Å²) in [6, 6.07) is 11.2. The van der Waals surface area contributed by atoms with Crippen LogP contribution in [0.1, 0.15) is 31.9 Å². The molecular formula is C25H34ClN3O5S. The lowest BCUT2D eigenvalue weighted by Gasteiger charge is -2.32. The maximum absolute atomic E-state index is 13.6. The van der Waals surface area contributed by atoms with Crippen LogP contribution in [0.3, 0.4) is 0 Å². The van der Waals surface area contributed by atoms with Gasteiger partial charge >= 0.3 is 0 Å². The zero-order chi connectivity index (χ0) is 26.3. The van der Waals surface area contributed by atoms with Crippen LogP contribution in [0.4, 0.5) is 5.69 Å². The molecule has 0 unspecified atom stereocenters. The summed E-state index contributed by atoms with van der Waals surface area (Å²) in [7, 11) is -2.49. The molecular weight excluding hydrogens is 490 g/mol. The molecule has 2 aromatic carbocycles. The van der Waals surface area contributed by atoms with Crippen LogP contribution >= 0.6 is 11.6 Å². The van der Waals surface area contributed by atoms with E-state index in [0.717, 1.165) is 21.7 Å². The summed E-state index contributed by atoms with van der Waals surface area (Å²) in [5.74, 6) is -0.358. The Morgan fingerprint density at radius 2 is 1.77 bits per heavy atom. The minimum Gasteiger partial charge on any atom is -0.495 e. The van der Waals surface area contributed by atoms with Crippen molar-refractivity contribution in [1.82, 2.24) is 10.2 Å². The van der Waals surface area contributed by atoms with Gasteiger partial charge in [0.25, 0.3) is 0 Å². The van der Waals surface area contributed by atoms with E-state index in [1.54, 1.807) is 13.0 Å². The number of amides is 2. The van der Waals surface area contributed by atoms with Gasteiger partial charge < -0.3 is 15.0 Å². The van der Waals surface area contributed by atoms with E-state index in [9.17, 15) is 18.0 Å². The number of carbonyl (C=O) groups excluding carboxylic acids is 2. The van der Waals surface area contributed by atoms with E-state index in [1.807, 2.05) is 45.0 Å². The molecule has 0 aliphatic carbocycles. The van der Waals surface area contributed by atoms with Crippen LogP contribution in [0, 0.1) is 12.8 Å². The van der Waals surface area contributed by atoms with Crippen LogP contribution in [0.15, 0.2) is 42.5 Å². The number of hydrogen-bond donors (Lipinski definition) is 1. The standard InChI is InChI=1S/C25H34ClN3O5S/c1-17(2)14-27-25(31)19(4)28(15-20-10-8-7-9-18(20)3)24(30)16-29(35(6,32)33)22-13-21(26)11-12-23(22)34-5/h7-13,17,19H,14-16H2,1-6H3,(H,27,31)/t19-/m0/s1. The number of carbonyl (C=O) groups is 2. The number of rotatable bonds is 11. The molecule has 2 amide bonds. The van der Waals surface area contributed by atoms with Gasteiger partial charge in [-0.3, -0.25) is 13.9 Å². The fraction of sp³-hybridized carbons (Fsp3) is 0.440. The van der Waals surface area contributed by atoms with E-state index in [-0.39, 0.29) is 29.8 Å². The van der Waals surface area contributed by atoms with Gasteiger partial charge in [-0.1, -0.05) is 49.7 Å². The summed E-state index contributed by atoms with van der Waals surface area (Å²) in [6.07, 6.45) is 1.01. The summed E-state index contributed by atoms with van der Waals surface area (Å²) < 4.78 is 31.7. The van der Waals surface area contributed by atoms with Gasteiger partial charge in [0.1, 0.15) is 18.3 Å². The molecule has 1 N–H and O–H groups in total. The lowest BCUT2D eigenvalue weighted by atomic mass is 10.1. The molecule has 0 bridgehead atoms. The molecule has 0 fully saturated rings. The van der Waals surface area contributed by atoms with Crippen molar-refractivity contribution in [3.8, 4) is 5.75 Å². The number of sulfonamides is 1. The van der Waals surface area contributed by atoms with Crippen LogP contribution in [-0.2, 0) is 26.2 Å². The molecule has 2 rings (SSSR count). The molecule has 0 saturated heterocycles. The Morgan fingerprint density at radius 3 is 2.34 bits per heavy atom. The number of halogens is 1. The zero-order valence-corrected chi connectivity index (χ0v) is 22.6.